The van der Waals surface area contributed by atoms with Gasteiger partial charge in [-0.3, -0.25) is 4.79 Å². The standard InChI is InChI=1S/C27H22F3NO3/c1-4-33-26-16(3)27-21(22(14-34-27)17-5-7-18(28)8-6-17)13-20(26)15(2)11-25(32)31-19-9-10-23(29)24(30)12-19/h5-14H,4H2,1-3H3,(H,31,32)/b15-11+. The zero-order chi connectivity index (χ0) is 24.4. The number of hydrogen-bond acceptors (Lipinski definition) is 3. The van der Waals surface area contributed by atoms with Crippen LogP contribution >= 0.6 is 0 Å². The Morgan fingerprint density at radius 2 is 1.79 bits per heavy atom. The first-order valence-electron chi connectivity index (χ1n) is 10.7. The smallest absolute Gasteiger partial charge is 0.248 e. The van der Waals surface area contributed by atoms with E-state index in [-0.39, 0.29) is 11.5 Å². The highest BCUT2D eigenvalue weighted by Crippen LogP contribution is 2.40. The van der Waals surface area contributed by atoms with E-state index in [1.807, 2.05) is 19.9 Å². The molecule has 0 fully saturated rings. The first-order chi connectivity index (χ1) is 16.3. The number of furan rings is 1. The summed E-state index contributed by atoms with van der Waals surface area (Å²) in [6.45, 7) is 5.88. The van der Waals surface area contributed by atoms with Crippen LogP contribution in [0.4, 0.5) is 18.9 Å². The van der Waals surface area contributed by atoms with E-state index in [1.54, 1.807) is 25.3 Å². The lowest BCUT2D eigenvalue weighted by Gasteiger charge is -2.15. The lowest BCUT2D eigenvalue weighted by molar-refractivity contribution is -0.111. The van der Waals surface area contributed by atoms with Gasteiger partial charge in [-0.25, -0.2) is 13.2 Å². The number of rotatable bonds is 6. The zero-order valence-electron chi connectivity index (χ0n) is 18.8. The van der Waals surface area contributed by atoms with Gasteiger partial charge in [0, 0.05) is 39.9 Å². The van der Waals surface area contributed by atoms with Crippen LogP contribution in [-0.2, 0) is 4.79 Å². The van der Waals surface area contributed by atoms with Crippen LogP contribution in [0, 0.1) is 24.4 Å². The highest BCUT2D eigenvalue weighted by atomic mass is 19.2. The Hall–Kier alpha value is -4.00. The molecule has 0 unspecified atom stereocenters. The van der Waals surface area contributed by atoms with Crippen molar-refractivity contribution in [3.63, 3.8) is 0 Å². The molecule has 1 heterocycles. The molecular formula is C27H22F3NO3. The lowest BCUT2D eigenvalue weighted by atomic mass is 9.96. The number of carbonyl (C=O) groups is 1. The van der Waals surface area contributed by atoms with Crippen molar-refractivity contribution >= 4 is 28.1 Å². The molecule has 1 N–H and O–H groups in total. The maximum absolute atomic E-state index is 13.5. The van der Waals surface area contributed by atoms with Gasteiger partial charge in [0.1, 0.15) is 17.1 Å². The third kappa shape index (κ3) is 4.55. The highest BCUT2D eigenvalue weighted by molar-refractivity contribution is 6.06. The molecule has 1 amide bonds. The first kappa shape index (κ1) is 23.2. The quantitative estimate of drug-likeness (QED) is 0.305. The van der Waals surface area contributed by atoms with Gasteiger partial charge in [0.15, 0.2) is 11.6 Å². The molecule has 4 rings (SSSR count). The molecule has 4 nitrogen and oxygen atoms in total. The summed E-state index contributed by atoms with van der Waals surface area (Å²) in [6, 6.07) is 11.1. The van der Waals surface area contributed by atoms with Crippen molar-refractivity contribution in [3.05, 3.63) is 89.4 Å². The van der Waals surface area contributed by atoms with Crippen molar-refractivity contribution in [2.75, 3.05) is 11.9 Å². The minimum Gasteiger partial charge on any atom is -0.493 e. The van der Waals surface area contributed by atoms with Gasteiger partial charge in [0.2, 0.25) is 5.91 Å². The SMILES string of the molecule is CCOc1c(/C(C)=C/C(=O)Nc2ccc(F)c(F)c2)cc2c(-c3ccc(F)cc3)coc2c1C. The molecule has 174 valence electrons. The number of ether oxygens (including phenoxy) is 1. The molecule has 0 saturated heterocycles. The Labute approximate surface area is 194 Å². The summed E-state index contributed by atoms with van der Waals surface area (Å²) in [4.78, 5) is 12.6. The van der Waals surface area contributed by atoms with E-state index >= 15 is 0 Å². The van der Waals surface area contributed by atoms with Crippen LogP contribution in [-0.4, -0.2) is 12.5 Å². The first-order valence-corrected chi connectivity index (χ1v) is 10.7. The van der Waals surface area contributed by atoms with E-state index in [4.69, 9.17) is 9.15 Å². The van der Waals surface area contributed by atoms with Crippen molar-refractivity contribution in [1.29, 1.82) is 0 Å². The van der Waals surface area contributed by atoms with Crippen molar-refractivity contribution in [3.8, 4) is 16.9 Å². The van der Waals surface area contributed by atoms with Gasteiger partial charge in [0.05, 0.1) is 12.9 Å². The highest BCUT2D eigenvalue weighted by Gasteiger charge is 2.19. The fraction of sp³-hybridized carbons (Fsp3) is 0.148. The van der Waals surface area contributed by atoms with E-state index in [2.05, 4.69) is 5.32 Å². The summed E-state index contributed by atoms with van der Waals surface area (Å²) >= 11 is 0. The molecular weight excluding hydrogens is 443 g/mol. The Kier molecular flexibility index (Phi) is 6.45. The second-order valence-corrected chi connectivity index (χ2v) is 7.79. The maximum Gasteiger partial charge on any atom is 0.248 e. The molecule has 0 bridgehead atoms. The number of aryl methyl sites for hydroxylation is 1. The lowest BCUT2D eigenvalue weighted by Crippen LogP contribution is -2.09. The van der Waals surface area contributed by atoms with Crippen LogP contribution in [0.3, 0.4) is 0 Å². The number of nitrogens with one attached hydrogen (secondary N) is 1. The molecule has 0 radical (unpaired) electrons. The average Bonchev–Trinajstić information content (AvgIpc) is 3.23. The van der Waals surface area contributed by atoms with Gasteiger partial charge < -0.3 is 14.5 Å². The van der Waals surface area contributed by atoms with Gasteiger partial charge in [-0.05, 0) is 62.2 Å². The van der Waals surface area contributed by atoms with E-state index < -0.39 is 17.5 Å². The topological polar surface area (TPSA) is 51.5 Å². The summed E-state index contributed by atoms with van der Waals surface area (Å²) in [5.41, 5.74) is 4.37. The summed E-state index contributed by atoms with van der Waals surface area (Å²) in [5.74, 6) is -2.31. The Morgan fingerprint density at radius 1 is 1.06 bits per heavy atom. The predicted molar refractivity (Wildman–Crippen MR) is 126 cm³/mol. The van der Waals surface area contributed by atoms with Crippen molar-refractivity contribution in [1.82, 2.24) is 0 Å². The van der Waals surface area contributed by atoms with E-state index in [1.165, 1.54) is 24.3 Å². The molecule has 4 aromatic rings. The van der Waals surface area contributed by atoms with Crippen molar-refractivity contribution in [2.24, 2.45) is 0 Å². The minimum absolute atomic E-state index is 0.137. The normalized spacial score (nSPS) is 11.6. The zero-order valence-corrected chi connectivity index (χ0v) is 18.8. The molecule has 7 heteroatoms. The second kappa shape index (κ2) is 9.47. The molecule has 0 atom stereocenters. The van der Waals surface area contributed by atoms with Crippen LogP contribution < -0.4 is 10.1 Å². The monoisotopic (exact) mass is 465 g/mol. The molecule has 0 aliphatic rings. The van der Waals surface area contributed by atoms with Crippen LogP contribution in [0.5, 0.6) is 5.75 Å². The number of hydrogen-bond donors (Lipinski definition) is 1. The van der Waals surface area contributed by atoms with E-state index in [9.17, 15) is 18.0 Å². The van der Waals surface area contributed by atoms with Gasteiger partial charge in [-0.2, -0.15) is 0 Å². The molecule has 0 aliphatic carbocycles. The number of fused-ring (bicyclic) bond motifs is 1. The van der Waals surface area contributed by atoms with E-state index in [0.29, 0.717) is 29.1 Å². The van der Waals surface area contributed by atoms with Crippen LogP contribution in [0.25, 0.3) is 27.7 Å². The van der Waals surface area contributed by atoms with Crippen LogP contribution in [0.1, 0.15) is 25.0 Å². The molecule has 1 aromatic heterocycles. The largest absolute Gasteiger partial charge is 0.493 e. The number of halogens is 3. The third-order valence-electron chi connectivity index (χ3n) is 5.45. The molecule has 3 aromatic carbocycles. The fourth-order valence-electron chi connectivity index (χ4n) is 3.82. The summed E-state index contributed by atoms with van der Waals surface area (Å²) in [7, 11) is 0. The fourth-order valence-corrected chi connectivity index (χ4v) is 3.82. The summed E-state index contributed by atoms with van der Waals surface area (Å²) in [6.07, 6.45) is 2.97. The van der Waals surface area contributed by atoms with Crippen molar-refractivity contribution < 1.29 is 27.1 Å². The Morgan fingerprint density at radius 3 is 2.47 bits per heavy atom. The number of benzene rings is 3. The summed E-state index contributed by atoms with van der Waals surface area (Å²) in [5, 5.41) is 3.32. The van der Waals surface area contributed by atoms with Gasteiger partial charge >= 0.3 is 0 Å². The molecule has 0 spiro atoms. The van der Waals surface area contributed by atoms with Crippen molar-refractivity contribution in [2.45, 2.75) is 20.8 Å². The maximum atomic E-state index is 13.5. The second-order valence-electron chi connectivity index (χ2n) is 7.79. The number of amides is 1. The van der Waals surface area contributed by atoms with Gasteiger partial charge in [-0.15, -0.1) is 0 Å². The third-order valence-corrected chi connectivity index (χ3v) is 5.45. The average molecular weight is 465 g/mol. The molecule has 0 aliphatic heterocycles. The van der Waals surface area contributed by atoms with Gasteiger partial charge in [0.25, 0.3) is 0 Å². The van der Waals surface area contributed by atoms with Gasteiger partial charge in [-0.1, -0.05) is 12.1 Å². The molecule has 0 saturated carbocycles. The number of anilines is 1. The Balaban J connectivity index is 1.76. The summed E-state index contributed by atoms with van der Waals surface area (Å²) < 4.78 is 51.7. The van der Waals surface area contributed by atoms with Crippen LogP contribution in [0.2, 0.25) is 0 Å². The van der Waals surface area contributed by atoms with Crippen LogP contribution in [0.15, 0.2) is 65.3 Å². The number of carbonyl (C=O) groups excluding carboxylic acids is 1. The predicted octanol–water partition coefficient (Wildman–Crippen LogP) is 7.27. The molecule has 34 heavy (non-hydrogen) atoms. The van der Waals surface area contributed by atoms with E-state index in [0.717, 1.165) is 34.2 Å². The number of allylic oxidation sites excluding steroid dienone is 1. The Bertz CT molecular complexity index is 1410. The minimum atomic E-state index is -1.05.